The van der Waals surface area contributed by atoms with Crippen LogP contribution >= 0.6 is 27.1 Å². The summed E-state index contributed by atoms with van der Waals surface area (Å²) in [5.74, 6) is 0.589. The van der Waals surface area contributed by atoms with Gasteiger partial charge in [-0.05, 0) is 35.1 Å². The molecular formula is C19H27P3. The Labute approximate surface area is 142 Å². The first kappa shape index (κ1) is 18.1. The molecule has 0 aromatic heterocycles. The lowest BCUT2D eigenvalue weighted by Gasteiger charge is -2.29. The van der Waals surface area contributed by atoms with Crippen molar-refractivity contribution in [2.75, 3.05) is 0 Å². The molecule has 0 heterocycles. The van der Waals surface area contributed by atoms with Crippen molar-refractivity contribution < 1.29 is 0 Å². The molecule has 22 heavy (non-hydrogen) atoms. The van der Waals surface area contributed by atoms with Gasteiger partial charge in [-0.15, -0.1) is 18.5 Å². The van der Waals surface area contributed by atoms with Gasteiger partial charge in [0.1, 0.15) is 0 Å². The van der Waals surface area contributed by atoms with Crippen molar-refractivity contribution in [2.24, 2.45) is 0 Å². The Balaban J connectivity index is 2.18. The molecule has 4 atom stereocenters. The summed E-state index contributed by atoms with van der Waals surface area (Å²) >= 11 is 0. The minimum absolute atomic E-state index is 0.0528. The Bertz CT molecular complexity index is 615. The Morgan fingerprint density at radius 3 is 2.05 bits per heavy atom. The first-order chi connectivity index (χ1) is 10.3. The zero-order valence-corrected chi connectivity index (χ0v) is 17.2. The van der Waals surface area contributed by atoms with Crippen LogP contribution in [0.25, 0.3) is 0 Å². The van der Waals surface area contributed by atoms with E-state index in [1.54, 1.807) is 0 Å². The van der Waals surface area contributed by atoms with Gasteiger partial charge in [0.25, 0.3) is 0 Å². The van der Waals surface area contributed by atoms with Crippen LogP contribution in [0.3, 0.4) is 0 Å². The molecular weight excluding hydrogens is 321 g/mol. The molecule has 4 unspecified atom stereocenters. The topological polar surface area (TPSA) is 0 Å². The molecule has 0 fully saturated rings. The predicted molar refractivity (Wildman–Crippen MR) is 110 cm³/mol. The van der Waals surface area contributed by atoms with Crippen LogP contribution in [0.5, 0.6) is 0 Å². The van der Waals surface area contributed by atoms with E-state index in [0.29, 0.717) is 11.6 Å². The van der Waals surface area contributed by atoms with Gasteiger partial charge in [0.15, 0.2) is 0 Å². The van der Waals surface area contributed by atoms with E-state index in [4.69, 9.17) is 0 Å². The maximum absolute atomic E-state index is 3.06. The van der Waals surface area contributed by atoms with Crippen molar-refractivity contribution in [3.8, 4) is 0 Å². The lowest BCUT2D eigenvalue weighted by atomic mass is 10.0. The lowest BCUT2D eigenvalue weighted by Crippen LogP contribution is -2.05. The van der Waals surface area contributed by atoms with Gasteiger partial charge >= 0.3 is 0 Å². The molecule has 0 saturated carbocycles. The summed E-state index contributed by atoms with van der Waals surface area (Å²) in [6, 6.07) is 17.8. The van der Waals surface area contributed by atoms with E-state index in [-0.39, 0.29) is 4.64 Å². The Kier molecular flexibility index (Phi) is 6.19. The second kappa shape index (κ2) is 7.53. The fourth-order valence-electron chi connectivity index (χ4n) is 2.74. The van der Waals surface area contributed by atoms with Crippen LogP contribution in [-0.4, -0.2) is 0 Å². The van der Waals surface area contributed by atoms with E-state index in [2.05, 4.69) is 94.7 Å². The zero-order valence-electron chi connectivity index (χ0n) is 13.9. The third kappa shape index (κ3) is 4.38. The van der Waals surface area contributed by atoms with Crippen molar-refractivity contribution in [3.05, 3.63) is 70.8 Å². The SMILES string of the molecule is Cc1ccccc1C(C)PC(P)(P)c1ccc(C(C)C)cc1. The van der Waals surface area contributed by atoms with E-state index < -0.39 is 0 Å². The van der Waals surface area contributed by atoms with Crippen LogP contribution in [0.4, 0.5) is 0 Å². The highest BCUT2D eigenvalue weighted by Gasteiger charge is 2.25. The van der Waals surface area contributed by atoms with Crippen LogP contribution < -0.4 is 0 Å². The number of hydrogen-bond donors (Lipinski definition) is 0. The number of hydrogen-bond acceptors (Lipinski definition) is 0. The van der Waals surface area contributed by atoms with Gasteiger partial charge in [0.05, 0.1) is 0 Å². The molecule has 3 heteroatoms. The van der Waals surface area contributed by atoms with Crippen LogP contribution in [-0.2, 0) is 4.64 Å². The maximum atomic E-state index is 3.06. The fraction of sp³-hybridized carbons (Fsp3) is 0.368. The summed E-state index contributed by atoms with van der Waals surface area (Å²) in [5.41, 5.74) is 6.20. The molecule has 0 N–H and O–H groups in total. The van der Waals surface area contributed by atoms with Gasteiger partial charge in [0, 0.05) is 10.3 Å². The Morgan fingerprint density at radius 1 is 0.909 bits per heavy atom. The van der Waals surface area contributed by atoms with E-state index in [9.17, 15) is 0 Å². The van der Waals surface area contributed by atoms with Gasteiger partial charge in [-0.1, -0.05) is 77.9 Å². The molecule has 0 aliphatic heterocycles. The molecule has 118 valence electrons. The molecule has 0 aliphatic rings. The highest BCUT2D eigenvalue weighted by Crippen LogP contribution is 2.59. The molecule has 0 nitrogen and oxygen atoms in total. The number of benzene rings is 2. The summed E-state index contributed by atoms with van der Waals surface area (Å²) in [6.07, 6.45) is 0. The van der Waals surface area contributed by atoms with Crippen molar-refractivity contribution in [1.29, 1.82) is 0 Å². The largest absolute Gasteiger partial charge is 0.118 e. The predicted octanol–water partition coefficient (Wildman–Crippen LogP) is 6.42. The summed E-state index contributed by atoms with van der Waals surface area (Å²) in [7, 11) is 6.91. The normalized spacial score (nSPS) is 14.0. The summed E-state index contributed by atoms with van der Waals surface area (Å²) in [4.78, 5) is 0. The highest BCUT2D eigenvalue weighted by molar-refractivity contribution is 7.64. The van der Waals surface area contributed by atoms with Crippen LogP contribution in [0.15, 0.2) is 48.5 Å². The van der Waals surface area contributed by atoms with Crippen molar-refractivity contribution >= 4 is 27.1 Å². The molecule has 2 aromatic rings. The molecule has 0 saturated heterocycles. The Hall–Kier alpha value is -0.270. The molecule has 0 spiro atoms. The van der Waals surface area contributed by atoms with Crippen LogP contribution in [0.1, 0.15) is 54.6 Å². The smallest absolute Gasteiger partial charge is 0.0408 e. The molecule has 2 rings (SSSR count). The average Bonchev–Trinajstić information content (AvgIpc) is 2.47. The monoisotopic (exact) mass is 348 g/mol. The number of aryl methyl sites for hydroxylation is 1. The van der Waals surface area contributed by atoms with Crippen LogP contribution in [0.2, 0.25) is 0 Å². The van der Waals surface area contributed by atoms with Gasteiger partial charge in [0.2, 0.25) is 0 Å². The lowest BCUT2D eigenvalue weighted by molar-refractivity contribution is 0.865. The van der Waals surface area contributed by atoms with E-state index in [1.807, 2.05) is 0 Å². The highest BCUT2D eigenvalue weighted by atomic mass is 31.2. The second-order valence-corrected chi connectivity index (χ2v) is 12.0. The Morgan fingerprint density at radius 2 is 1.50 bits per heavy atom. The van der Waals surface area contributed by atoms with E-state index in [1.165, 1.54) is 22.3 Å². The molecule has 2 aromatic carbocycles. The molecule has 0 bridgehead atoms. The van der Waals surface area contributed by atoms with Gasteiger partial charge < -0.3 is 0 Å². The van der Waals surface area contributed by atoms with Gasteiger partial charge in [-0.2, -0.15) is 0 Å². The van der Waals surface area contributed by atoms with Gasteiger partial charge in [-0.3, -0.25) is 0 Å². The summed E-state index contributed by atoms with van der Waals surface area (Å²) < 4.78 is 0.0528. The minimum atomic E-state index is 0.0528. The first-order valence-electron chi connectivity index (χ1n) is 7.82. The van der Waals surface area contributed by atoms with Crippen LogP contribution in [0, 0.1) is 6.92 Å². The third-order valence-electron chi connectivity index (χ3n) is 4.17. The first-order valence-corrected chi connectivity index (χ1v) is 10.1. The quantitative estimate of drug-likeness (QED) is 0.547. The average molecular weight is 348 g/mol. The maximum Gasteiger partial charge on any atom is 0.0408 e. The summed E-state index contributed by atoms with van der Waals surface area (Å²) in [5, 5.41) is 0. The third-order valence-corrected chi connectivity index (χ3v) is 7.34. The summed E-state index contributed by atoms with van der Waals surface area (Å²) in [6.45, 7) is 9.03. The number of rotatable bonds is 5. The molecule has 0 amide bonds. The zero-order chi connectivity index (χ0) is 16.3. The van der Waals surface area contributed by atoms with Crippen molar-refractivity contribution in [3.63, 3.8) is 0 Å². The van der Waals surface area contributed by atoms with Crippen molar-refractivity contribution in [1.82, 2.24) is 0 Å². The van der Waals surface area contributed by atoms with E-state index in [0.717, 1.165) is 8.58 Å². The standard InChI is InChI=1S/C19H27P3/c1-13(2)16-9-11-17(12-10-16)19(20,21)22-15(4)18-8-6-5-7-14(18)3/h5-13,15,22H,20-21H2,1-4H3. The minimum Gasteiger partial charge on any atom is -0.118 e. The molecule has 0 aliphatic carbocycles. The fourth-order valence-corrected chi connectivity index (χ4v) is 6.15. The second-order valence-electron chi connectivity index (χ2n) is 6.37. The molecule has 0 radical (unpaired) electrons. The van der Waals surface area contributed by atoms with Crippen molar-refractivity contribution in [2.45, 2.75) is 43.9 Å². The van der Waals surface area contributed by atoms with Gasteiger partial charge in [-0.25, -0.2) is 0 Å². The van der Waals surface area contributed by atoms with E-state index >= 15 is 0 Å².